The zero-order chi connectivity index (χ0) is 14.6. The van der Waals surface area contributed by atoms with E-state index in [1.54, 1.807) is 13.0 Å². The van der Waals surface area contributed by atoms with Crippen LogP contribution in [-0.4, -0.2) is 17.7 Å². The van der Waals surface area contributed by atoms with E-state index in [1.807, 2.05) is 6.92 Å². The van der Waals surface area contributed by atoms with E-state index >= 15 is 0 Å². The van der Waals surface area contributed by atoms with Crippen molar-refractivity contribution >= 4 is 11.7 Å². The molecule has 106 valence electrons. The molecule has 0 radical (unpaired) electrons. The smallest absolute Gasteiger partial charge is 0.220 e. The Morgan fingerprint density at radius 1 is 1.32 bits per heavy atom. The number of hydrogen-bond donors (Lipinski definition) is 1. The van der Waals surface area contributed by atoms with Gasteiger partial charge >= 0.3 is 0 Å². The van der Waals surface area contributed by atoms with E-state index in [-0.39, 0.29) is 17.7 Å². The van der Waals surface area contributed by atoms with E-state index in [9.17, 15) is 9.59 Å². The van der Waals surface area contributed by atoms with E-state index in [0.29, 0.717) is 35.8 Å². The van der Waals surface area contributed by atoms with Gasteiger partial charge in [0, 0.05) is 18.9 Å². The molecule has 0 aliphatic carbocycles. The van der Waals surface area contributed by atoms with E-state index in [4.69, 9.17) is 4.42 Å². The highest BCUT2D eigenvalue weighted by atomic mass is 16.3. The number of aryl methyl sites for hydroxylation is 2. The fraction of sp³-hybridized carbons (Fsp3) is 0.600. The Labute approximate surface area is 114 Å². The Kier molecular flexibility index (Phi) is 5.33. The third-order valence-electron chi connectivity index (χ3n) is 3.34. The third-order valence-corrected chi connectivity index (χ3v) is 3.34. The number of amides is 1. The molecule has 1 rings (SSSR count). The first-order chi connectivity index (χ1) is 8.81. The summed E-state index contributed by atoms with van der Waals surface area (Å²) in [6, 6.07) is 1.90. The molecule has 19 heavy (non-hydrogen) atoms. The molecule has 1 N–H and O–H groups in total. The van der Waals surface area contributed by atoms with Gasteiger partial charge in [0.1, 0.15) is 11.5 Å². The number of furan rings is 1. The molecule has 0 aliphatic rings. The summed E-state index contributed by atoms with van der Waals surface area (Å²) >= 11 is 0. The molecule has 1 heterocycles. The summed E-state index contributed by atoms with van der Waals surface area (Å²) in [5, 5.41) is 2.95. The summed E-state index contributed by atoms with van der Waals surface area (Å²) in [6.45, 7) is 9.41. The van der Waals surface area contributed by atoms with Crippen LogP contribution >= 0.6 is 0 Å². The molecule has 1 unspecified atom stereocenters. The molecule has 0 fully saturated rings. The standard InChI is InChI=1S/C15H23NO3/c1-9(2)10(3)16-15(18)7-6-13-8-14(11(4)17)12(5)19-13/h8-10H,6-7H2,1-5H3,(H,16,18). The van der Waals surface area contributed by atoms with Gasteiger partial charge in [-0.25, -0.2) is 0 Å². The Bertz CT molecular complexity index is 460. The van der Waals surface area contributed by atoms with Crippen molar-refractivity contribution in [2.45, 2.75) is 53.5 Å². The number of hydrogen-bond acceptors (Lipinski definition) is 3. The van der Waals surface area contributed by atoms with Gasteiger partial charge in [0.05, 0.1) is 5.56 Å². The number of carbonyl (C=O) groups is 2. The van der Waals surface area contributed by atoms with Crippen molar-refractivity contribution in [1.29, 1.82) is 0 Å². The maximum atomic E-state index is 11.7. The van der Waals surface area contributed by atoms with Crippen LogP contribution in [0.4, 0.5) is 0 Å². The molecule has 0 saturated carbocycles. The molecule has 0 spiro atoms. The first kappa shape index (κ1) is 15.5. The second kappa shape index (κ2) is 6.55. The van der Waals surface area contributed by atoms with Crippen LogP contribution in [0.1, 0.15) is 56.0 Å². The van der Waals surface area contributed by atoms with E-state index < -0.39 is 0 Å². The largest absolute Gasteiger partial charge is 0.466 e. The van der Waals surface area contributed by atoms with Crippen LogP contribution in [-0.2, 0) is 11.2 Å². The van der Waals surface area contributed by atoms with Gasteiger partial charge in [0.25, 0.3) is 0 Å². The molecule has 4 heteroatoms. The maximum absolute atomic E-state index is 11.7. The third kappa shape index (κ3) is 4.54. The predicted molar refractivity (Wildman–Crippen MR) is 74.2 cm³/mol. The van der Waals surface area contributed by atoms with Gasteiger partial charge in [-0.15, -0.1) is 0 Å². The minimum Gasteiger partial charge on any atom is -0.466 e. The summed E-state index contributed by atoms with van der Waals surface area (Å²) in [4.78, 5) is 23.0. The predicted octanol–water partition coefficient (Wildman–Crippen LogP) is 2.88. The van der Waals surface area contributed by atoms with E-state index in [2.05, 4.69) is 19.2 Å². The second-order valence-corrected chi connectivity index (χ2v) is 5.34. The van der Waals surface area contributed by atoms with E-state index in [1.165, 1.54) is 6.92 Å². The molecular formula is C15H23NO3. The zero-order valence-electron chi connectivity index (χ0n) is 12.4. The highest BCUT2D eigenvalue weighted by Gasteiger charge is 2.14. The Balaban J connectivity index is 2.51. The number of rotatable bonds is 6. The number of ketones is 1. The summed E-state index contributed by atoms with van der Waals surface area (Å²) in [7, 11) is 0. The molecule has 0 aromatic carbocycles. The van der Waals surface area contributed by atoms with Gasteiger partial charge in [-0.05, 0) is 32.8 Å². The van der Waals surface area contributed by atoms with Crippen LogP contribution < -0.4 is 5.32 Å². The molecule has 1 atom stereocenters. The number of carbonyl (C=O) groups excluding carboxylic acids is 2. The first-order valence-electron chi connectivity index (χ1n) is 6.71. The fourth-order valence-electron chi connectivity index (χ4n) is 1.75. The lowest BCUT2D eigenvalue weighted by Crippen LogP contribution is -2.36. The van der Waals surface area contributed by atoms with Gasteiger partial charge in [-0.3, -0.25) is 9.59 Å². The Morgan fingerprint density at radius 3 is 2.42 bits per heavy atom. The fourth-order valence-corrected chi connectivity index (χ4v) is 1.75. The molecule has 1 aromatic rings. The lowest BCUT2D eigenvalue weighted by Gasteiger charge is -2.17. The summed E-state index contributed by atoms with van der Waals surface area (Å²) in [5.74, 6) is 1.73. The molecule has 0 aliphatic heterocycles. The number of nitrogens with one attached hydrogen (secondary N) is 1. The molecule has 0 bridgehead atoms. The van der Waals surface area contributed by atoms with Gasteiger partial charge in [0.15, 0.2) is 5.78 Å². The van der Waals surface area contributed by atoms with Gasteiger partial charge in [-0.2, -0.15) is 0 Å². The molecular weight excluding hydrogens is 242 g/mol. The van der Waals surface area contributed by atoms with Crippen LogP contribution in [0, 0.1) is 12.8 Å². The average Bonchev–Trinajstić information content (AvgIpc) is 2.68. The van der Waals surface area contributed by atoms with E-state index in [0.717, 1.165) is 0 Å². The minimum atomic E-state index is -0.00891. The monoisotopic (exact) mass is 265 g/mol. The zero-order valence-corrected chi connectivity index (χ0v) is 12.4. The van der Waals surface area contributed by atoms with Crippen molar-refractivity contribution in [3.63, 3.8) is 0 Å². The SMILES string of the molecule is CC(=O)c1cc(CCC(=O)NC(C)C(C)C)oc1C. The normalized spacial score (nSPS) is 12.5. The highest BCUT2D eigenvalue weighted by molar-refractivity contribution is 5.95. The van der Waals surface area contributed by atoms with Crippen molar-refractivity contribution in [3.8, 4) is 0 Å². The molecule has 1 amide bonds. The van der Waals surface area contributed by atoms with Crippen molar-refractivity contribution in [2.24, 2.45) is 5.92 Å². The van der Waals surface area contributed by atoms with Crippen molar-refractivity contribution in [2.75, 3.05) is 0 Å². The van der Waals surface area contributed by atoms with Crippen LogP contribution in [0.15, 0.2) is 10.5 Å². The quantitative estimate of drug-likeness (QED) is 0.804. The lowest BCUT2D eigenvalue weighted by molar-refractivity contribution is -0.122. The van der Waals surface area contributed by atoms with Crippen molar-refractivity contribution < 1.29 is 14.0 Å². The molecule has 1 aromatic heterocycles. The second-order valence-electron chi connectivity index (χ2n) is 5.34. The highest BCUT2D eigenvalue weighted by Crippen LogP contribution is 2.16. The van der Waals surface area contributed by atoms with Crippen molar-refractivity contribution in [1.82, 2.24) is 5.32 Å². The van der Waals surface area contributed by atoms with Gasteiger partial charge in [0.2, 0.25) is 5.91 Å². The maximum Gasteiger partial charge on any atom is 0.220 e. The van der Waals surface area contributed by atoms with Gasteiger partial charge in [-0.1, -0.05) is 13.8 Å². The van der Waals surface area contributed by atoms with Crippen LogP contribution in [0.25, 0.3) is 0 Å². The first-order valence-corrected chi connectivity index (χ1v) is 6.71. The summed E-state index contributed by atoms with van der Waals surface area (Å²) in [5.41, 5.74) is 0.603. The Hall–Kier alpha value is -1.58. The molecule has 0 saturated heterocycles. The summed E-state index contributed by atoms with van der Waals surface area (Å²) < 4.78 is 5.48. The summed E-state index contributed by atoms with van der Waals surface area (Å²) in [6.07, 6.45) is 0.895. The molecule has 4 nitrogen and oxygen atoms in total. The average molecular weight is 265 g/mol. The van der Waals surface area contributed by atoms with Crippen LogP contribution in [0.5, 0.6) is 0 Å². The lowest BCUT2D eigenvalue weighted by atomic mass is 10.1. The Morgan fingerprint density at radius 2 is 1.95 bits per heavy atom. The minimum absolute atomic E-state index is 0.00891. The van der Waals surface area contributed by atoms with Crippen LogP contribution in [0.3, 0.4) is 0 Å². The topological polar surface area (TPSA) is 59.3 Å². The van der Waals surface area contributed by atoms with Gasteiger partial charge < -0.3 is 9.73 Å². The van der Waals surface area contributed by atoms with Crippen molar-refractivity contribution in [3.05, 3.63) is 23.2 Å². The van der Waals surface area contributed by atoms with Crippen LogP contribution in [0.2, 0.25) is 0 Å². The number of Topliss-reactive ketones (excluding diaryl/α,β-unsaturated/α-hetero) is 1.